The highest BCUT2D eigenvalue weighted by Gasteiger charge is 2.36. The van der Waals surface area contributed by atoms with Crippen LogP contribution in [0.1, 0.15) is 16.8 Å². The molecule has 5 nitrogen and oxygen atoms in total. The van der Waals surface area contributed by atoms with E-state index in [2.05, 4.69) is 10.8 Å². The summed E-state index contributed by atoms with van der Waals surface area (Å²) in [5.41, 5.74) is 0.573. The van der Waals surface area contributed by atoms with E-state index in [0.29, 0.717) is 6.07 Å². The second-order valence-corrected chi connectivity index (χ2v) is 6.75. The molecule has 1 saturated carbocycles. The van der Waals surface area contributed by atoms with Gasteiger partial charge in [-0.3, -0.25) is 9.63 Å². The zero-order chi connectivity index (χ0) is 20.4. The summed E-state index contributed by atoms with van der Waals surface area (Å²) in [6, 6.07) is 3.28. The van der Waals surface area contributed by atoms with Crippen molar-refractivity contribution < 1.29 is 32.3 Å². The molecule has 0 aromatic heterocycles. The summed E-state index contributed by atoms with van der Waals surface area (Å²) in [5, 5.41) is 10.6. The predicted octanol–water partition coefficient (Wildman–Crippen LogP) is 3.93. The Morgan fingerprint density at radius 3 is 2.57 bits per heavy atom. The highest BCUT2D eigenvalue weighted by Crippen LogP contribution is 2.37. The number of rotatable bonds is 7. The van der Waals surface area contributed by atoms with E-state index in [1.165, 1.54) is 0 Å². The third-order valence-corrected chi connectivity index (χ3v) is 4.64. The number of halogens is 5. The molecular formula is C18H15ClF4N2O3. The van der Waals surface area contributed by atoms with Crippen LogP contribution < -0.4 is 10.8 Å². The smallest absolute Gasteiger partial charge is 0.277 e. The summed E-state index contributed by atoms with van der Waals surface area (Å²) in [4.78, 5) is 17.4. The number of aliphatic hydroxyl groups is 1. The topological polar surface area (TPSA) is 70.6 Å². The van der Waals surface area contributed by atoms with Crippen LogP contribution in [0.2, 0.25) is 5.02 Å². The van der Waals surface area contributed by atoms with Gasteiger partial charge in [-0.05, 0) is 36.5 Å². The Morgan fingerprint density at radius 2 is 1.93 bits per heavy atom. The lowest BCUT2D eigenvalue weighted by molar-refractivity contribution is 0.0248. The van der Waals surface area contributed by atoms with Gasteiger partial charge in [-0.25, -0.2) is 23.0 Å². The fourth-order valence-corrected chi connectivity index (χ4v) is 2.82. The standard InChI is InChI=1S/C18H15ClF4N2O3/c19-12-5-11(18(27)25-28-7-9-3-8(9)6-26)17(16(23)15(12)22)24-14-2-1-10(20)4-13(14)21/h1-2,4-5,8-9,24,26H,3,6-7H2,(H,25,27). The van der Waals surface area contributed by atoms with Gasteiger partial charge in [0.1, 0.15) is 11.6 Å². The maximum atomic E-state index is 14.4. The first-order valence-electron chi connectivity index (χ1n) is 8.24. The molecule has 1 amide bonds. The molecule has 2 aromatic carbocycles. The first kappa shape index (κ1) is 20.4. The SMILES string of the molecule is O=C(NOCC1CC1CO)c1cc(Cl)c(F)c(F)c1Nc1ccc(F)cc1F. The van der Waals surface area contributed by atoms with Crippen molar-refractivity contribution in [3.05, 3.63) is 58.1 Å². The summed E-state index contributed by atoms with van der Waals surface area (Å²) in [6.45, 7) is 0.141. The fourth-order valence-electron chi connectivity index (χ4n) is 2.63. The van der Waals surface area contributed by atoms with Crippen LogP contribution in [-0.2, 0) is 4.84 Å². The lowest BCUT2D eigenvalue weighted by atomic mass is 10.1. The molecule has 2 atom stereocenters. The fraction of sp³-hybridized carbons (Fsp3) is 0.278. The van der Waals surface area contributed by atoms with Gasteiger partial charge in [-0.1, -0.05) is 11.6 Å². The number of benzene rings is 2. The Labute approximate surface area is 162 Å². The van der Waals surface area contributed by atoms with Crippen LogP contribution in [0.15, 0.2) is 24.3 Å². The number of hydroxylamine groups is 1. The van der Waals surface area contributed by atoms with E-state index in [9.17, 15) is 22.4 Å². The van der Waals surface area contributed by atoms with E-state index in [1.807, 2.05) is 0 Å². The molecule has 0 aliphatic heterocycles. The number of aliphatic hydroxyl groups excluding tert-OH is 1. The van der Waals surface area contributed by atoms with E-state index in [0.717, 1.165) is 24.6 Å². The van der Waals surface area contributed by atoms with E-state index in [-0.39, 0.29) is 30.7 Å². The average molecular weight is 419 g/mol. The minimum atomic E-state index is -1.51. The summed E-state index contributed by atoms with van der Waals surface area (Å²) in [7, 11) is 0. The molecule has 150 valence electrons. The molecule has 0 radical (unpaired) electrons. The largest absolute Gasteiger partial charge is 0.396 e. The quantitative estimate of drug-likeness (QED) is 0.362. The number of amides is 1. The second-order valence-electron chi connectivity index (χ2n) is 6.34. The Kier molecular flexibility index (Phi) is 6.07. The molecule has 1 fully saturated rings. The maximum Gasteiger partial charge on any atom is 0.277 e. The number of hydrogen-bond donors (Lipinski definition) is 3. The highest BCUT2D eigenvalue weighted by atomic mass is 35.5. The molecular weight excluding hydrogens is 404 g/mol. The van der Waals surface area contributed by atoms with Crippen LogP contribution in [0.5, 0.6) is 0 Å². The molecule has 0 bridgehead atoms. The third kappa shape index (κ3) is 4.37. The predicted molar refractivity (Wildman–Crippen MR) is 93.1 cm³/mol. The van der Waals surface area contributed by atoms with Crippen LogP contribution in [0, 0.1) is 35.1 Å². The number of anilines is 2. The van der Waals surface area contributed by atoms with Crippen molar-refractivity contribution >= 4 is 28.9 Å². The molecule has 28 heavy (non-hydrogen) atoms. The summed E-state index contributed by atoms with van der Waals surface area (Å²) in [6.07, 6.45) is 0.750. The van der Waals surface area contributed by atoms with Crippen LogP contribution in [-0.4, -0.2) is 24.2 Å². The molecule has 0 heterocycles. The molecule has 0 saturated heterocycles. The Balaban J connectivity index is 1.82. The minimum absolute atomic E-state index is 0.0120. The minimum Gasteiger partial charge on any atom is -0.396 e. The average Bonchev–Trinajstić information content (AvgIpc) is 3.42. The second kappa shape index (κ2) is 8.34. The number of carbonyl (C=O) groups excluding carboxylic acids is 1. The van der Waals surface area contributed by atoms with Crippen molar-refractivity contribution in [1.82, 2.24) is 5.48 Å². The zero-order valence-corrected chi connectivity index (χ0v) is 15.0. The van der Waals surface area contributed by atoms with Gasteiger partial charge in [-0.2, -0.15) is 0 Å². The van der Waals surface area contributed by atoms with Crippen LogP contribution in [0.25, 0.3) is 0 Å². The van der Waals surface area contributed by atoms with E-state index >= 15 is 0 Å². The Hall–Kier alpha value is -2.36. The first-order chi connectivity index (χ1) is 13.3. The molecule has 3 rings (SSSR count). The number of hydrogen-bond acceptors (Lipinski definition) is 4. The summed E-state index contributed by atoms with van der Waals surface area (Å²) in [5.74, 6) is -5.64. The lowest BCUT2D eigenvalue weighted by Crippen LogP contribution is -2.26. The Bertz CT molecular complexity index is 913. The first-order valence-corrected chi connectivity index (χ1v) is 8.62. The van der Waals surface area contributed by atoms with Gasteiger partial charge in [0.2, 0.25) is 0 Å². The van der Waals surface area contributed by atoms with E-state index in [4.69, 9.17) is 21.5 Å². The molecule has 2 aromatic rings. The van der Waals surface area contributed by atoms with Gasteiger partial charge in [0.25, 0.3) is 5.91 Å². The van der Waals surface area contributed by atoms with Crippen molar-refractivity contribution in [3.8, 4) is 0 Å². The molecule has 10 heteroatoms. The zero-order valence-electron chi connectivity index (χ0n) is 14.2. The monoisotopic (exact) mass is 418 g/mol. The lowest BCUT2D eigenvalue weighted by Gasteiger charge is -2.15. The molecule has 3 N–H and O–H groups in total. The van der Waals surface area contributed by atoms with Gasteiger partial charge < -0.3 is 10.4 Å². The van der Waals surface area contributed by atoms with Crippen molar-refractivity contribution in [1.29, 1.82) is 0 Å². The highest BCUT2D eigenvalue weighted by molar-refractivity contribution is 6.31. The Morgan fingerprint density at radius 1 is 1.18 bits per heavy atom. The third-order valence-electron chi connectivity index (χ3n) is 4.36. The van der Waals surface area contributed by atoms with Gasteiger partial charge >= 0.3 is 0 Å². The molecule has 1 aliphatic rings. The summed E-state index contributed by atoms with van der Waals surface area (Å²) >= 11 is 5.61. The van der Waals surface area contributed by atoms with Gasteiger partial charge in [0.15, 0.2) is 11.6 Å². The van der Waals surface area contributed by atoms with E-state index in [1.54, 1.807) is 0 Å². The van der Waals surface area contributed by atoms with Crippen molar-refractivity contribution in [2.24, 2.45) is 11.8 Å². The van der Waals surface area contributed by atoms with Crippen molar-refractivity contribution in [3.63, 3.8) is 0 Å². The molecule has 2 unspecified atom stereocenters. The molecule has 0 spiro atoms. The number of carbonyl (C=O) groups is 1. The van der Waals surface area contributed by atoms with Gasteiger partial charge in [0, 0.05) is 12.7 Å². The van der Waals surface area contributed by atoms with Crippen molar-refractivity contribution in [2.45, 2.75) is 6.42 Å². The molecule has 1 aliphatic carbocycles. The van der Waals surface area contributed by atoms with Crippen LogP contribution >= 0.6 is 11.6 Å². The van der Waals surface area contributed by atoms with Gasteiger partial charge in [-0.15, -0.1) is 0 Å². The normalized spacial score (nSPS) is 18.1. The van der Waals surface area contributed by atoms with Crippen LogP contribution in [0.4, 0.5) is 28.9 Å². The number of nitrogens with one attached hydrogen (secondary N) is 2. The van der Waals surface area contributed by atoms with Crippen LogP contribution in [0.3, 0.4) is 0 Å². The summed E-state index contributed by atoms with van der Waals surface area (Å²) < 4.78 is 55.1. The van der Waals surface area contributed by atoms with E-state index < -0.39 is 45.4 Å². The van der Waals surface area contributed by atoms with Crippen molar-refractivity contribution in [2.75, 3.05) is 18.5 Å². The van der Waals surface area contributed by atoms with Gasteiger partial charge in [0.05, 0.1) is 28.6 Å². The maximum absolute atomic E-state index is 14.4.